The molecule has 8 heteroatoms. The zero-order chi connectivity index (χ0) is 18.0. The van der Waals surface area contributed by atoms with Crippen molar-refractivity contribution in [2.45, 2.75) is 26.3 Å². The van der Waals surface area contributed by atoms with Crippen LogP contribution >= 0.6 is 0 Å². The van der Waals surface area contributed by atoms with Crippen LogP contribution < -0.4 is 10.2 Å². The average molecular weight is 350 g/mol. The average Bonchev–Trinajstić information content (AvgIpc) is 3.12. The van der Waals surface area contributed by atoms with Gasteiger partial charge in [0.1, 0.15) is 0 Å². The molecule has 1 fully saturated rings. The first-order valence-corrected chi connectivity index (χ1v) is 7.97. The van der Waals surface area contributed by atoms with Gasteiger partial charge in [-0.3, -0.25) is 4.79 Å². The first-order chi connectivity index (χ1) is 12.0. The van der Waals surface area contributed by atoms with Crippen molar-refractivity contribution < 1.29 is 18.0 Å². The lowest BCUT2D eigenvalue weighted by atomic mass is 10.2. The van der Waals surface area contributed by atoms with Crippen LogP contribution in [0.2, 0.25) is 0 Å². The summed E-state index contributed by atoms with van der Waals surface area (Å²) >= 11 is 0. The number of nitrogens with one attached hydrogen (secondary N) is 1. The fourth-order valence-electron chi connectivity index (χ4n) is 2.73. The van der Waals surface area contributed by atoms with E-state index in [-0.39, 0.29) is 6.54 Å². The number of nitrogens with zero attached hydrogens (tertiary/aromatic N) is 3. The molecule has 5 nitrogen and oxygen atoms in total. The Bertz CT molecular complexity index is 807. The summed E-state index contributed by atoms with van der Waals surface area (Å²) < 4.78 is 39.8. The Morgan fingerprint density at radius 1 is 1.16 bits per heavy atom. The lowest BCUT2D eigenvalue weighted by molar-refractivity contribution is 0.0945. The van der Waals surface area contributed by atoms with Gasteiger partial charge in [-0.15, -0.1) is 0 Å². The summed E-state index contributed by atoms with van der Waals surface area (Å²) in [6, 6.07) is 3.33. The van der Waals surface area contributed by atoms with Crippen molar-refractivity contribution in [1.82, 2.24) is 15.3 Å². The number of halogens is 3. The van der Waals surface area contributed by atoms with Crippen LogP contribution in [0.4, 0.5) is 19.1 Å². The third-order valence-corrected chi connectivity index (χ3v) is 3.99. The van der Waals surface area contributed by atoms with E-state index >= 15 is 0 Å². The van der Waals surface area contributed by atoms with Crippen molar-refractivity contribution in [3.8, 4) is 0 Å². The van der Waals surface area contributed by atoms with Crippen molar-refractivity contribution in [3.05, 3.63) is 52.6 Å². The number of amides is 1. The predicted octanol–water partition coefficient (Wildman–Crippen LogP) is 2.73. The Hall–Kier alpha value is -2.64. The summed E-state index contributed by atoms with van der Waals surface area (Å²) in [5.74, 6) is -4.75. The van der Waals surface area contributed by atoms with Gasteiger partial charge in [0, 0.05) is 18.8 Å². The van der Waals surface area contributed by atoms with Crippen LogP contribution in [-0.2, 0) is 6.54 Å². The van der Waals surface area contributed by atoms with Gasteiger partial charge in [0.15, 0.2) is 17.5 Å². The molecule has 1 amide bonds. The first kappa shape index (κ1) is 17.2. The molecule has 1 aliphatic rings. The standard InChI is InChI=1S/C17H17F3N4O/c1-10-8-11(23-17(22-10)24-6-2-3-7-24)9-21-16(25)12-4-5-13(18)15(20)14(12)19/h4-5,8H,2-3,6-7,9H2,1H3,(H,21,25). The minimum atomic E-state index is -1.66. The van der Waals surface area contributed by atoms with Crippen molar-refractivity contribution in [3.63, 3.8) is 0 Å². The topological polar surface area (TPSA) is 58.1 Å². The van der Waals surface area contributed by atoms with Crippen LogP contribution in [-0.4, -0.2) is 29.0 Å². The van der Waals surface area contributed by atoms with Gasteiger partial charge in [0.05, 0.1) is 17.8 Å². The molecule has 1 N–H and O–H groups in total. The van der Waals surface area contributed by atoms with Crippen molar-refractivity contribution in [1.29, 1.82) is 0 Å². The number of rotatable bonds is 4. The predicted molar refractivity (Wildman–Crippen MR) is 85.7 cm³/mol. The van der Waals surface area contributed by atoms with E-state index in [4.69, 9.17) is 0 Å². The molecule has 3 rings (SSSR count). The highest BCUT2D eigenvalue weighted by molar-refractivity contribution is 5.94. The van der Waals surface area contributed by atoms with Crippen LogP contribution in [0.25, 0.3) is 0 Å². The summed E-state index contributed by atoms with van der Waals surface area (Å²) in [5.41, 5.74) is 0.760. The van der Waals surface area contributed by atoms with Gasteiger partial charge >= 0.3 is 0 Å². The largest absolute Gasteiger partial charge is 0.346 e. The number of aryl methyl sites for hydroxylation is 1. The maximum absolute atomic E-state index is 13.7. The van der Waals surface area contributed by atoms with Crippen molar-refractivity contribution in [2.75, 3.05) is 18.0 Å². The molecule has 2 aromatic rings. The van der Waals surface area contributed by atoms with E-state index in [1.165, 1.54) is 0 Å². The number of benzene rings is 1. The van der Waals surface area contributed by atoms with Crippen LogP contribution in [0.5, 0.6) is 0 Å². The van der Waals surface area contributed by atoms with Crippen LogP contribution in [0.3, 0.4) is 0 Å². The van der Waals surface area contributed by atoms with E-state index < -0.39 is 28.9 Å². The second kappa shape index (κ2) is 7.08. The minimum absolute atomic E-state index is 0.0292. The Labute approximate surface area is 142 Å². The second-order valence-electron chi connectivity index (χ2n) is 5.90. The lowest BCUT2D eigenvalue weighted by Gasteiger charge is -2.16. The maximum atomic E-state index is 13.7. The molecule has 0 spiro atoms. The fraction of sp³-hybridized carbons (Fsp3) is 0.353. The van der Waals surface area contributed by atoms with E-state index in [0.29, 0.717) is 17.7 Å². The molecular formula is C17H17F3N4O. The monoisotopic (exact) mass is 350 g/mol. The number of hydrogen-bond donors (Lipinski definition) is 1. The quantitative estimate of drug-likeness (QED) is 0.862. The van der Waals surface area contributed by atoms with E-state index in [2.05, 4.69) is 20.2 Å². The molecule has 0 saturated carbocycles. The van der Waals surface area contributed by atoms with Crippen molar-refractivity contribution >= 4 is 11.9 Å². The molecule has 0 atom stereocenters. The normalized spacial score (nSPS) is 14.0. The van der Waals surface area contributed by atoms with E-state index in [1.807, 2.05) is 6.92 Å². The van der Waals surface area contributed by atoms with Crippen LogP contribution in [0, 0.1) is 24.4 Å². The number of aromatic nitrogens is 2. The smallest absolute Gasteiger partial charge is 0.254 e. The highest BCUT2D eigenvalue weighted by atomic mass is 19.2. The molecule has 1 saturated heterocycles. The first-order valence-electron chi connectivity index (χ1n) is 7.97. The van der Waals surface area contributed by atoms with Gasteiger partial charge in [-0.1, -0.05) is 0 Å². The summed E-state index contributed by atoms with van der Waals surface area (Å²) in [6.45, 7) is 3.62. The Balaban J connectivity index is 1.73. The van der Waals surface area contributed by atoms with Crippen molar-refractivity contribution in [2.24, 2.45) is 0 Å². The zero-order valence-electron chi connectivity index (χ0n) is 13.7. The Morgan fingerprint density at radius 2 is 1.88 bits per heavy atom. The molecule has 132 valence electrons. The summed E-state index contributed by atoms with van der Waals surface area (Å²) in [5, 5.41) is 2.47. The third kappa shape index (κ3) is 3.72. The summed E-state index contributed by atoms with van der Waals surface area (Å²) in [4.78, 5) is 22.9. The molecule has 1 aromatic heterocycles. The van der Waals surface area contributed by atoms with Gasteiger partial charge in [-0.25, -0.2) is 23.1 Å². The SMILES string of the molecule is Cc1cc(CNC(=O)c2ccc(F)c(F)c2F)nc(N2CCCC2)n1. The molecule has 25 heavy (non-hydrogen) atoms. The number of hydrogen-bond acceptors (Lipinski definition) is 4. The third-order valence-electron chi connectivity index (χ3n) is 3.99. The lowest BCUT2D eigenvalue weighted by Crippen LogP contribution is -2.26. The zero-order valence-corrected chi connectivity index (χ0v) is 13.7. The van der Waals surface area contributed by atoms with Gasteiger partial charge in [0.25, 0.3) is 5.91 Å². The molecule has 0 unspecified atom stereocenters. The molecule has 0 radical (unpaired) electrons. The Morgan fingerprint density at radius 3 is 2.60 bits per heavy atom. The summed E-state index contributed by atoms with van der Waals surface area (Å²) in [7, 11) is 0. The number of carbonyl (C=O) groups is 1. The molecule has 1 aromatic carbocycles. The molecular weight excluding hydrogens is 333 g/mol. The van der Waals surface area contributed by atoms with E-state index in [1.54, 1.807) is 6.07 Å². The highest BCUT2D eigenvalue weighted by Gasteiger charge is 2.19. The van der Waals surface area contributed by atoms with Gasteiger partial charge < -0.3 is 10.2 Å². The minimum Gasteiger partial charge on any atom is -0.346 e. The van der Waals surface area contributed by atoms with Crippen LogP contribution in [0.15, 0.2) is 18.2 Å². The van der Waals surface area contributed by atoms with E-state index in [9.17, 15) is 18.0 Å². The van der Waals surface area contributed by atoms with Gasteiger partial charge in [-0.05, 0) is 38.0 Å². The van der Waals surface area contributed by atoms with Crippen LogP contribution in [0.1, 0.15) is 34.6 Å². The molecule has 0 aliphatic carbocycles. The van der Waals surface area contributed by atoms with Gasteiger partial charge in [0.2, 0.25) is 5.95 Å². The summed E-state index contributed by atoms with van der Waals surface area (Å²) in [6.07, 6.45) is 2.16. The van der Waals surface area contributed by atoms with Gasteiger partial charge in [-0.2, -0.15) is 0 Å². The maximum Gasteiger partial charge on any atom is 0.254 e. The molecule has 2 heterocycles. The second-order valence-corrected chi connectivity index (χ2v) is 5.90. The van der Waals surface area contributed by atoms with E-state index in [0.717, 1.165) is 37.7 Å². The number of anilines is 1. The highest BCUT2D eigenvalue weighted by Crippen LogP contribution is 2.17. The molecule has 0 bridgehead atoms. The molecule has 1 aliphatic heterocycles. The fourth-order valence-corrected chi connectivity index (χ4v) is 2.73. The Kier molecular flexibility index (Phi) is 4.87. The number of carbonyl (C=O) groups excluding carboxylic acids is 1.